The third kappa shape index (κ3) is 3.00. The molecule has 16 heavy (non-hydrogen) atoms. The van der Waals surface area contributed by atoms with Crippen LogP contribution in [0.25, 0.3) is 0 Å². The maximum atomic E-state index is 11.8. The van der Waals surface area contributed by atoms with Gasteiger partial charge in [0.2, 0.25) is 0 Å². The van der Waals surface area contributed by atoms with Gasteiger partial charge in [0.25, 0.3) is 5.91 Å². The largest absolute Gasteiger partial charge is 0.459 e. The monoisotopic (exact) mass is 244 g/mol. The van der Waals surface area contributed by atoms with Crippen molar-refractivity contribution in [2.45, 2.75) is 25.8 Å². The maximum Gasteiger partial charge on any atom is 0.287 e. The number of carbonyl (C=O) groups excluding carboxylic acids is 1. The molecule has 1 saturated heterocycles. The predicted octanol–water partition coefficient (Wildman–Crippen LogP) is 1.49. The summed E-state index contributed by atoms with van der Waals surface area (Å²) in [5.41, 5.74) is 0.885. The molecule has 1 aromatic rings. The van der Waals surface area contributed by atoms with Gasteiger partial charge in [-0.3, -0.25) is 4.79 Å². The van der Waals surface area contributed by atoms with Crippen molar-refractivity contribution in [3.63, 3.8) is 0 Å². The summed E-state index contributed by atoms with van der Waals surface area (Å²) in [6.07, 6.45) is 3.70. The number of amides is 1. The van der Waals surface area contributed by atoms with Crippen LogP contribution in [0.2, 0.25) is 0 Å². The Morgan fingerprint density at radius 2 is 2.44 bits per heavy atom. The van der Waals surface area contributed by atoms with Crippen LogP contribution >= 0.6 is 12.4 Å². The van der Waals surface area contributed by atoms with Crippen molar-refractivity contribution in [1.82, 2.24) is 10.6 Å². The normalized spacial score (nSPS) is 19.9. The summed E-state index contributed by atoms with van der Waals surface area (Å²) in [4.78, 5) is 11.8. The summed E-state index contributed by atoms with van der Waals surface area (Å²) in [5.74, 6) is 0.326. The van der Waals surface area contributed by atoms with Gasteiger partial charge in [0.05, 0.1) is 6.26 Å². The van der Waals surface area contributed by atoms with Crippen LogP contribution in [0.15, 0.2) is 16.7 Å². The van der Waals surface area contributed by atoms with Gasteiger partial charge in [0.1, 0.15) is 0 Å². The first kappa shape index (κ1) is 13.1. The zero-order valence-electron chi connectivity index (χ0n) is 9.29. The van der Waals surface area contributed by atoms with Crippen LogP contribution in [0, 0.1) is 6.92 Å². The Hall–Kier alpha value is -1.00. The molecule has 90 valence electrons. The SMILES string of the molecule is Cc1ccoc1C(=O)N[C@@H]1CCCNC1.Cl. The molecule has 1 atom stereocenters. The highest BCUT2D eigenvalue weighted by molar-refractivity contribution is 5.93. The summed E-state index contributed by atoms with van der Waals surface area (Å²) >= 11 is 0. The average Bonchev–Trinajstić information content (AvgIpc) is 2.66. The molecule has 0 unspecified atom stereocenters. The fraction of sp³-hybridized carbons (Fsp3) is 0.545. The highest BCUT2D eigenvalue weighted by Crippen LogP contribution is 2.09. The number of piperidine rings is 1. The molecule has 0 radical (unpaired) electrons. The number of carbonyl (C=O) groups is 1. The second-order valence-electron chi connectivity index (χ2n) is 3.95. The molecule has 0 aliphatic carbocycles. The van der Waals surface area contributed by atoms with Crippen LogP contribution < -0.4 is 10.6 Å². The lowest BCUT2D eigenvalue weighted by atomic mass is 10.1. The molecule has 1 aliphatic rings. The van der Waals surface area contributed by atoms with E-state index in [0.29, 0.717) is 5.76 Å². The molecule has 2 N–H and O–H groups in total. The lowest BCUT2D eigenvalue weighted by Crippen LogP contribution is -2.45. The zero-order chi connectivity index (χ0) is 10.7. The summed E-state index contributed by atoms with van der Waals surface area (Å²) in [5, 5.41) is 6.22. The summed E-state index contributed by atoms with van der Waals surface area (Å²) < 4.78 is 5.14. The van der Waals surface area contributed by atoms with Gasteiger partial charge in [-0.25, -0.2) is 0 Å². The molecule has 0 spiro atoms. The van der Waals surface area contributed by atoms with Gasteiger partial charge in [-0.2, -0.15) is 0 Å². The van der Waals surface area contributed by atoms with Crippen molar-refractivity contribution in [1.29, 1.82) is 0 Å². The van der Waals surface area contributed by atoms with Crippen LogP contribution in [0.3, 0.4) is 0 Å². The van der Waals surface area contributed by atoms with Crippen LogP contribution in [0.4, 0.5) is 0 Å². The Bertz CT molecular complexity index is 346. The number of hydrogen-bond acceptors (Lipinski definition) is 3. The molecule has 2 rings (SSSR count). The van der Waals surface area contributed by atoms with Gasteiger partial charge >= 0.3 is 0 Å². The zero-order valence-corrected chi connectivity index (χ0v) is 10.1. The Morgan fingerprint density at radius 3 is 3.00 bits per heavy atom. The van der Waals surface area contributed by atoms with Crippen LogP contribution in [-0.4, -0.2) is 25.0 Å². The lowest BCUT2D eigenvalue weighted by Gasteiger charge is -2.23. The third-order valence-corrected chi connectivity index (χ3v) is 2.70. The van der Waals surface area contributed by atoms with E-state index >= 15 is 0 Å². The van der Waals surface area contributed by atoms with Gasteiger partial charge in [-0.05, 0) is 32.4 Å². The molecular formula is C11H17ClN2O2. The lowest BCUT2D eigenvalue weighted by molar-refractivity contribution is 0.0901. The predicted molar refractivity (Wildman–Crippen MR) is 64.1 cm³/mol. The van der Waals surface area contributed by atoms with E-state index in [1.807, 2.05) is 6.92 Å². The van der Waals surface area contributed by atoms with Crippen molar-refractivity contribution in [2.75, 3.05) is 13.1 Å². The van der Waals surface area contributed by atoms with E-state index in [4.69, 9.17) is 4.42 Å². The van der Waals surface area contributed by atoms with Crippen LogP contribution in [0.1, 0.15) is 29.0 Å². The fourth-order valence-corrected chi connectivity index (χ4v) is 1.83. The molecule has 0 aromatic carbocycles. The highest BCUT2D eigenvalue weighted by Gasteiger charge is 2.18. The Kier molecular flexibility index (Phi) is 4.83. The van der Waals surface area contributed by atoms with Gasteiger partial charge in [-0.15, -0.1) is 12.4 Å². The topological polar surface area (TPSA) is 54.3 Å². The molecule has 1 fully saturated rings. The second-order valence-corrected chi connectivity index (χ2v) is 3.95. The molecule has 5 heteroatoms. The molecular weight excluding hydrogens is 228 g/mol. The molecule has 1 aliphatic heterocycles. The minimum atomic E-state index is -0.105. The molecule has 2 heterocycles. The number of nitrogens with one attached hydrogen (secondary N) is 2. The number of aryl methyl sites for hydroxylation is 1. The van der Waals surface area contributed by atoms with Crippen LogP contribution in [0.5, 0.6) is 0 Å². The number of hydrogen-bond donors (Lipinski definition) is 2. The van der Waals surface area contributed by atoms with Crippen molar-refractivity contribution >= 4 is 18.3 Å². The first-order valence-corrected chi connectivity index (χ1v) is 5.33. The van der Waals surface area contributed by atoms with E-state index in [1.165, 1.54) is 0 Å². The molecule has 0 bridgehead atoms. The fourth-order valence-electron chi connectivity index (χ4n) is 1.83. The van der Waals surface area contributed by atoms with E-state index < -0.39 is 0 Å². The first-order chi connectivity index (χ1) is 7.27. The highest BCUT2D eigenvalue weighted by atomic mass is 35.5. The summed E-state index contributed by atoms with van der Waals surface area (Å²) in [7, 11) is 0. The number of furan rings is 1. The first-order valence-electron chi connectivity index (χ1n) is 5.33. The minimum absolute atomic E-state index is 0. The van der Waals surface area contributed by atoms with E-state index in [1.54, 1.807) is 12.3 Å². The van der Waals surface area contributed by atoms with Crippen molar-refractivity contribution in [2.24, 2.45) is 0 Å². The van der Waals surface area contributed by atoms with Crippen molar-refractivity contribution < 1.29 is 9.21 Å². The average molecular weight is 245 g/mol. The van der Waals surface area contributed by atoms with Gasteiger partial charge in [0.15, 0.2) is 5.76 Å². The van der Waals surface area contributed by atoms with E-state index in [2.05, 4.69) is 10.6 Å². The Balaban J connectivity index is 0.00000128. The van der Waals surface area contributed by atoms with E-state index in [0.717, 1.165) is 31.5 Å². The second kappa shape index (κ2) is 5.92. The minimum Gasteiger partial charge on any atom is -0.459 e. The van der Waals surface area contributed by atoms with Crippen molar-refractivity contribution in [3.05, 3.63) is 23.7 Å². The van der Waals surface area contributed by atoms with Gasteiger partial charge < -0.3 is 15.1 Å². The number of halogens is 1. The Labute approximate surface area is 101 Å². The van der Waals surface area contributed by atoms with Crippen LogP contribution in [-0.2, 0) is 0 Å². The molecule has 0 saturated carbocycles. The van der Waals surface area contributed by atoms with E-state index in [-0.39, 0.29) is 24.4 Å². The van der Waals surface area contributed by atoms with Gasteiger partial charge in [-0.1, -0.05) is 0 Å². The molecule has 1 amide bonds. The standard InChI is InChI=1S/C11H16N2O2.ClH/c1-8-4-6-15-10(8)11(14)13-9-3-2-5-12-7-9;/h4,6,9,12H,2-3,5,7H2,1H3,(H,13,14);1H/t9-;/m1./s1. The molecule has 4 nitrogen and oxygen atoms in total. The van der Waals surface area contributed by atoms with E-state index in [9.17, 15) is 4.79 Å². The summed E-state index contributed by atoms with van der Waals surface area (Å²) in [6, 6.07) is 2.03. The smallest absolute Gasteiger partial charge is 0.287 e. The maximum absolute atomic E-state index is 11.8. The number of rotatable bonds is 2. The third-order valence-electron chi connectivity index (χ3n) is 2.70. The molecule has 1 aromatic heterocycles. The quantitative estimate of drug-likeness (QED) is 0.829. The Morgan fingerprint density at radius 1 is 1.62 bits per heavy atom. The van der Waals surface area contributed by atoms with Gasteiger partial charge in [0, 0.05) is 18.2 Å². The van der Waals surface area contributed by atoms with Crippen molar-refractivity contribution in [3.8, 4) is 0 Å². The summed E-state index contributed by atoms with van der Waals surface area (Å²) in [6.45, 7) is 3.77.